The lowest BCUT2D eigenvalue weighted by Crippen LogP contribution is -2.50. The summed E-state index contributed by atoms with van der Waals surface area (Å²) in [7, 11) is -2.71. The Morgan fingerprint density at radius 3 is 2.47 bits per heavy atom. The molecule has 1 aliphatic heterocycles. The molecule has 0 aliphatic carbocycles. The van der Waals surface area contributed by atoms with Gasteiger partial charge in [0, 0.05) is 37.6 Å². The van der Waals surface area contributed by atoms with Crippen molar-refractivity contribution in [3.8, 4) is 5.75 Å². The zero-order valence-corrected chi connectivity index (χ0v) is 22.3. The number of hydrogen-bond acceptors (Lipinski definition) is 11. The predicted octanol–water partition coefficient (Wildman–Crippen LogP) is 2.28. The van der Waals surface area contributed by atoms with Crippen LogP contribution in [-0.4, -0.2) is 68.4 Å². The Morgan fingerprint density at radius 1 is 1.14 bits per heavy atom. The van der Waals surface area contributed by atoms with Gasteiger partial charge in [0.1, 0.15) is 5.75 Å². The maximum atomic E-state index is 12.9. The van der Waals surface area contributed by atoms with Crippen molar-refractivity contribution in [2.45, 2.75) is 33.3 Å². The number of carbonyl (C=O) groups is 4. The van der Waals surface area contributed by atoms with E-state index >= 15 is 0 Å². The average molecular weight is 547 g/mol. The molecular weight excluding hydrogens is 515 g/mol. The van der Waals surface area contributed by atoms with Crippen LogP contribution in [0.25, 0.3) is 0 Å². The van der Waals surface area contributed by atoms with Gasteiger partial charge in [0.05, 0.1) is 19.3 Å². The van der Waals surface area contributed by atoms with E-state index < -0.39 is 38.0 Å². The van der Waals surface area contributed by atoms with Crippen LogP contribution in [0.5, 0.6) is 5.75 Å². The molecule has 1 fully saturated rings. The first-order chi connectivity index (χ1) is 17.0. The number of rotatable bonds is 12. The van der Waals surface area contributed by atoms with Crippen molar-refractivity contribution < 1.29 is 46.8 Å². The van der Waals surface area contributed by atoms with E-state index in [9.17, 15) is 23.7 Å². The number of methoxy groups -OCH3 is 1. The summed E-state index contributed by atoms with van der Waals surface area (Å²) >= 11 is 1.11. The van der Waals surface area contributed by atoms with Crippen LogP contribution in [0.3, 0.4) is 0 Å². The molecule has 2 N–H and O–H groups in total. The fraction of sp³-hybridized carbons (Fsp3) is 0.545. The Labute approximate surface area is 213 Å². The van der Waals surface area contributed by atoms with E-state index in [0.717, 1.165) is 11.8 Å². The van der Waals surface area contributed by atoms with Gasteiger partial charge in [-0.2, -0.15) is 0 Å². The van der Waals surface area contributed by atoms with Gasteiger partial charge in [0.25, 0.3) is 0 Å². The first kappa shape index (κ1) is 29.8. The number of esters is 1. The number of thioether (sulfide) groups is 1. The molecule has 0 spiro atoms. The third-order valence-corrected chi connectivity index (χ3v) is 7.04. The highest BCUT2D eigenvalue weighted by molar-refractivity contribution is 8.13. The highest BCUT2D eigenvalue weighted by Gasteiger charge is 2.49. The maximum absolute atomic E-state index is 12.9. The highest BCUT2D eigenvalue weighted by atomic mass is 32.2. The predicted molar refractivity (Wildman–Crippen MR) is 130 cm³/mol. The summed E-state index contributed by atoms with van der Waals surface area (Å²) in [5, 5.41) is 5.19. The van der Waals surface area contributed by atoms with Crippen LogP contribution in [0.15, 0.2) is 24.3 Å². The van der Waals surface area contributed by atoms with E-state index in [0.29, 0.717) is 18.0 Å². The van der Waals surface area contributed by atoms with E-state index in [4.69, 9.17) is 23.0 Å². The first-order valence-electron chi connectivity index (χ1n) is 11.0. The van der Waals surface area contributed by atoms with Crippen molar-refractivity contribution in [1.29, 1.82) is 0 Å². The number of phosphoric acid groups is 1. The van der Waals surface area contributed by atoms with E-state index in [1.165, 1.54) is 26.2 Å². The molecular formula is C22H31N2O10PS. The third kappa shape index (κ3) is 9.55. The molecule has 0 bridgehead atoms. The average Bonchev–Trinajstić information content (AvgIpc) is 2.83. The van der Waals surface area contributed by atoms with Crippen molar-refractivity contribution in [2.24, 2.45) is 5.41 Å². The Kier molecular flexibility index (Phi) is 11.4. The lowest BCUT2D eigenvalue weighted by Gasteiger charge is -2.39. The van der Waals surface area contributed by atoms with E-state index in [1.807, 2.05) is 0 Å². The summed E-state index contributed by atoms with van der Waals surface area (Å²) in [6.07, 6.45) is -1.19. The Balaban J connectivity index is 1.81. The number of nitrogens with one attached hydrogen (secondary N) is 2. The van der Waals surface area contributed by atoms with Crippen LogP contribution in [0.4, 0.5) is 0 Å². The maximum Gasteiger partial charge on any atom is 0.478 e. The molecule has 2 rings (SSSR count). The fourth-order valence-electron chi connectivity index (χ4n) is 2.91. The van der Waals surface area contributed by atoms with E-state index in [1.54, 1.807) is 26.0 Å². The van der Waals surface area contributed by atoms with Crippen molar-refractivity contribution in [2.75, 3.05) is 39.4 Å². The molecule has 1 unspecified atom stereocenters. The molecule has 1 aliphatic rings. The lowest BCUT2D eigenvalue weighted by molar-refractivity contribution is -0.143. The molecule has 1 aromatic rings. The molecule has 1 saturated heterocycles. The smallest absolute Gasteiger partial charge is 0.478 e. The normalized spacial score (nSPS) is 20.7. The molecule has 200 valence electrons. The molecule has 14 heteroatoms. The van der Waals surface area contributed by atoms with Gasteiger partial charge in [-0.1, -0.05) is 25.6 Å². The Morgan fingerprint density at radius 2 is 1.83 bits per heavy atom. The SMILES string of the molecule is COc1ccc(C(=O)OCOP2(=O)OCC(C)(C)[C@H](C(=O)NCCC(=O)NCCSC(C)=O)O2)cc1. The number of ether oxygens (including phenoxy) is 2. The second kappa shape index (κ2) is 13.8. The number of carbonyl (C=O) groups excluding carboxylic acids is 4. The second-order valence-electron chi connectivity index (χ2n) is 8.33. The topological polar surface area (TPSA) is 156 Å². The first-order valence-corrected chi connectivity index (χ1v) is 13.5. The van der Waals surface area contributed by atoms with Gasteiger partial charge in [-0.25, -0.2) is 13.9 Å². The molecule has 0 radical (unpaired) electrons. The summed E-state index contributed by atoms with van der Waals surface area (Å²) < 4.78 is 38.5. The van der Waals surface area contributed by atoms with Crippen LogP contribution in [-0.2, 0) is 37.3 Å². The van der Waals surface area contributed by atoms with Gasteiger partial charge in [-0.3, -0.25) is 23.4 Å². The van der Waals surface area contributed by atoms with Crippen molar-refractivity contribution in [3.63, 3.8) is 0 Å². The summed E-state index contributed by atoms with van der Waals surface area (Å²) in [5.41, 5.74) is -0.629. The fourth-order valence-corrected chi connectivity index (χ4v) is 4.91. The lowest BCUT2D eigenvalue weighted by atomic mass is 9.87. The minimum absolute atomic E-state index is 0.00952. The molecule has 0 saturated carbocycles. The molecule has 1 heterocycles. The quantitative estimate of drug-likeness (QED) is 0.172. The van der Waals surface area contributed by atoms with Crippen molar-refractivity contribution in [1.82, 2.24) is 10.6 Å². The van der Waals surface area contributed by atoms with Gasteiger partial charge < -0.3 is 20.1 Å². The van der Waals surface area contributed by atoms with Crippen LogP contribution < -0.4 is 15.4 Å². The van der Waals surface area contributed by atoms with Gasteiger partial charge in [-0.05, 0) is 24.3 Å². The third-order valence-electron chi connectivity index (χ3n) is 4.88. The Hall–Kier alpha value is -2.44. The van der Waals surface area contributed by atoms with Gasteiger partial charge in [0.2, 0.25) is 18.6 Å². The summed E-state index contributed by atoms with van der Waals surface area (Å²) in [5.74, 6) is -0.592. The van der Waals surface area contributed by atoms with Crippen LogP contribution in [0, 0.1) is 5.41 Å². The summed E-state index contributed by atoms with van der Waals surface area (Å²) in [4.78, 5) is 47.6. The molecule has 12 nitrogen and oxygen atoms in total. The minimum atomic E-state index is -4.21. The monoisotopic (exact) mass is 546 g/mol. The zero-order chi connectivity index (χ0) is 26.8. The van der Waals surface area contributed by atoms with Crippen LogP contribution >= 0.6 is 19.6 Å². The van der Waals surface area contributed by atoms with E-state index in [2.05, 4.69) is 10.6 Å². The highest BCUT2D eigenvalue weighted by Crippen LogP contribution is 2.57. The van der Waals surface area contributed by atoms with Crippen LogP contribution in [0.1, 0.15) is 37.6 Å². The largest absolute Gasteiger partial charge is 0.497 e. The molecule has 36 heavy (non-hydrogen) atoms. The number of amides is 2. The van der Waals surface area contributed by atoms with Crippen LogP contribution in [0.2, 0.25) is 0 Å². The molecule has 1 aromatic carbocycles. The number of hydrogen-bond donors (Lipinski definition) is 2. The summed E-state index contributed by atoms with van der Waals surface area (Å²) in [6, 6.07) is 6.14. The number of phosphoric ester groups is 1. The second-order valence-corrected chi connectivity index (χ2v) is 11.2. The Bertz CT molecular complexity index is 986. The molecule has 2 amide bonds. The van der Waals surface area contributed by atoms with E-state index in [-0.39, 0.29) is 36.2 Å². The summed E-state index contributed by atoms with van der Waals surface area (Å²) in [6.45, 7) is 4.32. The van der Waals surface area contributed by atoms with Gasteiger partial charge in [0.15, 0.2) is 11.2 Å². The standard InChI is InChI=1S/C22H31N2O10PS/c1-15(25)36-12-11-23-18(26)9-10-24-20(27)19-22(2,3)13-32-35(29,34-19)33-14-31-21(28)16-5-7-17(30-4)8-6-16/h5-8,19H,9-14H2,1-4H3,(H,23,26)(H,24,27)/t19-,35?/m0/s1. The number of benzene rings is 1. The minimum Gasteiger partial charge on any atom is -0.497 e. The molecule has 2 atom stereocenters. The molecule has 0 aromatic heterocycles. The van der Waals surface area contributed by atoms with Gasteiger partial charge >= 0.3 is 13.8 Å². The van der Waals surface area contributed by atoms with Crippen molar-refractivity contribution in [3.05, 3.63) is 29.8 Å². The zero-order valence-electron chi connectivity index (χ0n) is 20.6. The van der Waals surface area contributed by atoms with Crippen molar-refractivity contribution >= 4 is 42.5 Å². The van der Waals surface area contributed by atoms with Gasteiger partial charge in [-0.15, -0.1) is 0 Å².